The molecular formula is C32H31N3O4. The van der Waals surface area contributed by atoms with Crippen molar-refractivity contribution in [2.75, 3.05) is 23.8 Å². The molecule has 4 aliphatic rings. The number of anilines is 2. The number of amides is 2. The fraction of sp³-hybridized carbons (Fsp3) is 0.344. The normalized spacial score (nSPS) is 28.4. The predicted octanol–water partition coefficient (Wildman–Crippen LogP) is 4.72. The van der Waals surface area contributed by atoms with Gasteiger partial charge in [0.1, 0.15) is 16.7 Å². The number of benzene rings is 3. The van der Waals surface area contributed by atoms with Crippen LogP contribution in [0.25, 0.3) is 0 Å². The van der Waals surface area contributed by atoms with Gasteiger partial charge >= 0.3 is 0 Å². The topological polar surface area (TPSA) is 87.7 Å². The Hall–Kier alpha value is -3.97. The van der Waals surface area contributed by atoms with Gasteiger partial charge in [0.15, 0.2) is 5.78 Å². The molecule has 0 bridgehead atoms. The summed E-state index contributed by atoms with van der Waals surface area (Å²) in [7, 11) is 0. The van der Waals surface area contributed by atoms with E-state index in [0.29, 0.717) is 35.7 Å². The minimum atomic E-state index is -1.46. The van der Waals surface area contributed by atoms with Crippen LogP contribution >= 0.6 is 0 Å². The van der Waals surface area contributed by atoms with E-state index in [0.717, 1.165) is 35.2 Å². The molecule has 0 saturated carbocycles. The number of hydrogen-bond acceptors (Lipinski definition) is 5. The Morgan fingerprint density at radius 2 is 1.74 bits per heavy atom. The number of ketones is 1. The van der Waals surface area contributed by atoms with Crippen LogP contribution in [0.5, 0.6) is 5.75 Å². The van der Waals surface area contributed by atoms with Gasteiger partial charge in [-0.2, -0.15) is 0 Å². The first kappa shape index (κ1) is 24.1. The van der Waals surface area contributed by atoms with Crippen molar-refractivity contribution in [3.05, 3.63) is 88.5 Å². The summed E-state index contributed by atoms with van der Waals surface area (Å²) < 4.78 is 5.89. The van der Waals surface area contributed by atoms with Crippen molar-refractivity contribution in [2.45, 2.75) is 50.6 Å². The second-order valence-corrected chi connectivity index (χ2v) is 11.1. The summed E-state index contributed by atoms with van der Waals surface area (Å²) in [5.41, 5.74) is 2.57. The van der Waals surface area contributed by atoms with E-state index in [-0.39, 0.29) is 23.6 Å². The number of carbonyl (C=O) groups is 3. The maximum absolute atomic E-state index is 14.9. The van der Waals surface area contributed by atoms with Crippen LogP contribution in [0.2, 0.25) is 0 Å². The number of Topliss-reactive ketones (excluding diaryl/α,β-unsaturated/α-hetero) is 1. The summed E-state index contributed by atoms with van der Waals surface area (Å²) in [4.78, 5) is 46.2. The van der Waals surface area contributed by atoms with Gasteiger partial charge in [-0.3, -0.25) is 19.3 Å². The van der Waals surface area contributed by atoms with Crippen LogP contribution in [-0.2, 0) is 20.5 Å². The molecule has 7 rings (SSSR count). The van der Waals surface area contributed by atoms with E-state index in [1.54, 1.807) is 12.1 Å². The molecule has 2 spiro atoms. The summed E-state index contributed by atoms with van der Waals surface area (Å²) in [6.45, 7) is 6.94. The Bertz CT molecular complexity index is 1580. The van der Waals surface area contributed by atoms with Gasteiger partial charge in [0.25, 0.3) is 5.91 Å². The van der Waals surface area contributed by atoms with Gasteiger partial charge in [0, 0.05) is 23.0 Å². The van der Waals surface area contributed by atoms with Crippen molar-refractivity contribution in [2.24, 2.45) is 5.92 Å². The summed E-state index contributed by atoms with van der Waals surface area (Å²) in [5.74, 6) is -0.988. The molecule has 3 aromatic rings. The second kappa shape index (κ2) is 8.26. The number of hydrogen-bond donors (Lipinski definition) is 2. The highest BCUT2D eigenvalue weighted by Crippen LogP contribution is 2.68. The highest BCUT2D eigenvalue weighted by atomic mass is 16.5. The molecule has 39 heavy (non-hydrogen) atoms. The molecule has 4 heterocycles. The Morgan fingerprint density at radius 1 is 0.974 bits per heavy atom. The average Bonchev–Trinajstić information content (AvgIpc) is 3.65. The van der Waals surface area contributed by atoms with Gasteiger partial charge in [-0.1, -0.05) is 42.5 Å². The Labute approximate surface area is 227 Å². The van der Waals surface area contributed by atoms with Crippen LogP contribution in [0, 0.1) is 19.8 Å². The first-order chi connectivity index (χ1) is 18.9. The van der Waals surface area contributed by atoms with Crippen LogP contribution in [0.1, 0.15) is 52.4 Å². The lowest BCUT2D eigenvalue weighted by atomic mass is 9.57. The van der Waals surface area contributed by atoms with Crippen molar-refractivity contribution in [3.8, 4) is 5.75 Å². The number of rotatable bonds is 4. The molecular weight excluding hydrogens is 490 g/mol. The number of aryl methyl sites for hydroxylation is 1. The standard InChI is InChI=1S/C32H31N3O4/c1-4-39-25-14-8-5-10-20(25)28(36)26-24-13-9-17-35(24)32(22-16-15-18(2)19(3)27(22)34-30(32)38)31(26)21-11-6-7-12-23(21)33-29(31)37/h5-8,10-12,14-16,24,26H,4,9,13,17H2,1-3H3,(H,33,37)(H,34,38)/t24-,26-,31+,32+/m1/s1. The molecule has 2 fully saturated rings. The van der Waals surface area contributed by atoms with Crippen molar-refractivity contribution < 1.29 is 19.1 Å². The highest BCUT2D eigenvalue weighted by molar-refractivity contribution is 6.21. The number of nitrogens with zero attached hydrogens (tertiary/aromatic N) is 1. The van der Waals surface area contributed by atoms with Gasteiger partial charge in [0.2, 0.25) is 5.91 Å². The van der Waals surface area contributed by atoms with Gasteiger partial charge < -0.3 is 15.4 Å². The van der Waals surface area contributed by atoms with Crippen LogP contribution < -0.4 is 15.4 Å². The Balaban J connectivity index is 1.58. The fourth-order valence-corrected chi connectivity index (χ4v) is 8.01. The zero-order valence-corrected chi connectivity index (χ0v) is 22.3. The molecule has 0 unspecified atom stereocenters. The molecule has 198 valence electrons. The Morgan fingerprint density at radius 3 is 2.56 bits per heavy atom. The Kier molecular flexibility index (Phi) is 5.11. The lowest BCUT2D eigenvalue weighted by Crippen LogP contribution is -2.62. The molecule has 2 saturated heterocycles. The van der Waals surface area contributed by atoms with Crippen molar-refractivity contribution in [3.63, 3.8) is 0 Å². The minimum absolute atomic E-state index is 0.162. The molecule has 4 atom stereocenters. The van der Waals surface area contributed by atoms with Crippen molar-refractivity contribution in [1.29, 1.82) is 0 Å². The van der Waals surface area contributed by atoms with E-state index in [2.05, 4.69) is 15.5 Å². The van der Waals surface area contributed by atoms with E-state index in [4.69, 9.17) is 4.74 Å². The molecule has 3 aromatic carbocycles. The third-order valence-corrected chi connectivity index (χ3v) is 9.54. The third kappa shape index (κ3) is 2.73. The van der Waals surface area contributed by atoms with E-state index in [9.17, 15) is 14.4 Å². The lowest BCUT2D eigenvalue weighted by Gasteiger charge is -2.43. The summed E-state index contributed by atoms with van der Waals surface area (Å²) >= 11 is 0. The highest BCUT2D eigenvalue weighted by Gasteiger charge is 2.81. The van der Waals surface area contributed by atoms with Gasteiger partial charge in [-0.25, -0.2) is 0 Å². The number of ether oxygens (including phenoxy) is 1. The predicted molar refractivity (Wildman–Crippen MR) is 148 cm³/mol. The molecule has 0 aliphatic carbocycles. The lowest BCUT2D eigenvalue weighted by molar-refractivity contribution is -0.137. The van der Waals surface area contributed by atoms with Crippen LogP contribution in [0.4, 0.5) is 11.4 Å². The first-order valence-electron chi connectivity index (χ1n) is 13.7. The monoisotopic (exact) mass is 521 g/mol. The zero-order chi connectivity index (χ0) is 27.1. The number of para-hydroxylation sites is 2. The van der Waals surface area contributed by atoms with Gasteiger partial charge in [-0.05, 0) is 75.0 Å². The summed E-state index contributed by atoms with van der Waals surface area (Å²) in [6, 6.07) is 18.5. The molecule has 0 aromatic heterocycles. The quantitative estimate of drug-likeness (QED) is 0.486. The molecule has 2 N–H and O–H groups in total. The van der Waals surface area contributed by atoms with E-state index < -0.39 is 16.9 Å². The molecule has 0 radical (unpaired) electrons. The van der Waals surface area contributed by atoms with E-state index >= 15 is 0 Å². The van der Waals surface area contributed by atoms with Crippen molar-refractivity contribution in [1.82, 2.24) is 4.90 Å². The molecule has 7 heteroatoms. The SMILES string of the molecule is CCOc1ccccc1C(=O)[C@H]1[C@H]2CCCN2[C@@]2(C(=O)Nc3c2ccc(C)c3C)[C@]12C(=O)Nc1ccccc12. The van der Waals surface area contributed by atoms with Crippen LogP contribution in [0.15, 0.2) is 60.7 Å². The number of nitrogens with one attached hydrogen (secondary N) is 2. The summed E-state index contributed by atoms with van der Waals surface area (Å²) in [5, 5.41) is 6.28. The molecule has 2 amide bonds. The molecule has 4 aliphatic heterocycles. The number of fused-ring (bicyclic) bond motifs is 7. The minimum Gasteiger partial charge on any atom is -0.493 e. The maximum atomic E-state index is 14.9. The van der Waals surface area contributed by atoms with Crippen LogP contribution in [-0.4, -0.2) is 41.7 Å². The van der Waals surface area contributed by atoms with Crippen molar-refractivity contribution >= 4 is 29.0 Å². The average molecular weight is 522 g/mol. The molecule has 7 nitrogen and oxygen atoms in total. The second-order valence-electron chi connectivity index (χ2n) is 11.1. The van der Waals surface area contributed by atoms with E-state index in [1.165, 1.54) is 0 Å². The maximum Gasteiger partial charge on any atom is 0.251 e. The summed E-state index contributed by atoms with van der Waals surface area (Å²) in [6.07, 6.45) is 1.57. The third-order valence-electron chi connectivity index (χ3n) is 9.54. The largest absolute Gasteiger partial charge is 0.493 e. The van der Waals surface area contributed by atoms with E-state index in [1.807, 2.05) is 69.3 Å². The first-order valence-corrected chi connectivity index (χ1v) is 13.7. The zero-order valence-electron chi connectivity index (χ0n) is 22.3. The number of carbonyl (C=O) groups excluding carboxylic acids is 3. The fourth-order valence-electron chi connectivity index (χ4n) is 8.01. The van der Waals surface area contributed by atoms with Gasteiger partial charge in [-0.15, -0.1) is 0 Å². The van der Waals surface area contributed by atoms with Gasteiger partial charge in [0.05, 0.1) is 18.1 Å². The smallest absolute Gasteiger partial charge is 0.251 e. The van der Waals surface area contributed by atoms with Crippen LogP contribution in [0.3, 0.4) is 0 Å².